The van der Waals surface area contributed by atoms with Crippen molar-refractivity contribution < 1.29 is 33.2 Å². The molecule has 0 bridgehead atoms. The Morgan fingerprint density at radius 3 is 2.66 bits per heavy atom. The molecule has 4 atom stereocenters. The van der Waals surface area contributed by atoms with E-state index in [1.54, 1.807) is 31.2 Å². The number of fused-ring (bicyclic) bond motifs is 3. The Labute approximate surface area is 257 Å². The molecule has 2 aromatic heterocycles. The summed E-state index contributed by atoms with van der Waals surface area (Å²) in [4.78, 5) is 23.5. The number of aromatic nitrogens is 3. The van der Waals surface area contributed by atoms with Crippen LogP contribution in [0.25, 0.3) is 11.0 Å². The van der Waals surface area contributed by atoms with E-state index in [4.69, 9.17) is 35.5 Å². The Balaban J connectivity index is 1.04. The van der Waals surface area contributed by atoms with Crippen molar-refractivity contribution >= 4 is 28.6 Å². The summed E-state index contributed by atoms with van der Waals surface area (Å²) >= 11 is 6.02. The van der Waals surface area contributed by atoms with Crippen molar-refractivity contribution in [1.82, 2.24) is 19.4 Å². The number of pyridine rings is 1. The number of hydrogen-bond acceptors (Lipinski definition) is 8. The molecule has 228 valence electrons. The maximum absolute atomic E-state index is 15.4. The molecule has 3 fully saturated rings. The number of carboxylic acid groups (broad SMARTS) is 1. The maximum atomic E-state index is 15.4. The fraction of sp³-hybridized carbons (Fsp3) is 0.406. The third kappa shape index (κ3) is 4.40. The zero-order valence-corrected chi connectivity index (χ0v) is 24.9. The van der Waals surface area contributed by atoms with Gasteiger partial charge in [-0.2, -0.15) is 0 Å². The summed E-state index contributed by atoms with van der Waals surface area (Å²) in [6.07, 6.45) is 2.53. The molecule has 5 heterocycles. The molecule has 44 heavy (non-hydrogen) atoms. The number of nitrogens with zero attached hydrogens (tertiary/aromatic N) is 4. The second-order valence-electron chi connectivity index (χ2n) is 12.1. The Bertz CT molecular complexity index is 1800. The Hall–Kier alpha value is -3.93. The maximum Gasteiger partial charge on any atom is 0.335 e. The number of rotatable bonds is 8. The second kappa shape index (κ2) is 10.0. The van der Waals surface area contributed by atoms with Gasteiger partial charge < -0.3 is 28.6 Å². The van der Waals surface area contributed by atoms with Crippen LogP contribution in [0, 0.1) is 17.7 Å². The van der Waals surface area contributed by atoms with E-state index in [1.807, 2.05) is 0 Å². The summed E-state index contributed by atoms with van der Waals surface area (Å²) < 4.78 is 41.2. The summed E-state index contributed by atoms with van der Waals surface area (Å²) in [5.41, 5.74) is 2.61. The van der Waals surface area contributed by atoms with Gasteiger partial charge in [0.15, 0.2) is 11.5 Å². The molecule has 4 aliphatic rings. The fourth-order valence-corrected chi connectivity index (χ4v) is 7.18. The first-order valence-electron chi connectivity index (χ1n) is 14.7. The van der Waals surface area contributed by atoms with Crippen LogP contribution in [0.4, 0.5) is 4.39 Å². The van der Waals surface area contributed by atoms with Crippen LogP contribution in [-0.2, 0) is 23.6 Å². The molecule has 1 saturated carbocycles. The standard InChI is InChI=1S/C32H30ClFN4O6/c1-32(25-6-3-17(33)11-35-25)43-23-5-4-21(34)28(30(23)44-32)27-19-13-37(14-20(19)27)15-26-36-29-22(38(26)12-18-7-8-42-18)9-16(31(39)40)10-24(29)41-2/h3-6,9-11,18-20,27H,7-8,12-15H2,1-2H3,(H,39,40)/t18-,19?,20?,27?,32?/m0/s1. The normalized spacial score (nSPS) is 26.9. The molecule has 2 aromatic carbocycles. The van der Waals surface area contributed by atoms with Crippen LogP contribution in [0.1, 0.15) is 46.7 Å². The summed E-state index contributed by atoms with van der Waals surface area (Å²) in [6.45, 7) is 5.20. The van der Waals surface area contributed by atoms with Crippen molar-refractivity contribution in [1.29, 1.82) is 0 Å². The highest BCUT2D eigenvalue weighted by Crippen LogP contribution is 2.63. The lowest BCUT2D eigenvalue weighted by atomic mass is 10.0. The predicted octanol–water partition coefficient (Wildman–Crippen LogP) is 5.21. The van der Waals surface area contributed by atoms with E-state index in [9.17, 15) is 9.90 Å². The van der Waals surface area contributed by atoms with Gasteiger partial charge >= 0.3 is 5.97 Å². The number of piperidine rings is 1. The number of methoxy groups -OCH3 is 1. The lowest BCUT2D eigenvalue weighted by molar-refractivity contribution is -0.0721. The van der Waals surface area contributed by atoms with Crippen LogP contribution in [0.3, 0.4) is 0 Å². The summed E-state index contributed by atoms with van der Waals surface area (Å²) in [5.74, 6) is 0.241. The molecule has 1 N–H and O–H groups in total. The van der Waals surface area contributed by atoms with Gasteiger partial charge in [0.2, 0.25) is 0 Å². The quantitative estimate of drug-likeness (QED) is 0.284. The number of halogens is 2. The van der Waals surface area contributed by atoms with Gasteiger partial charge in [-0.25, -0.2) is 14.2 Å². The molecule has 12 heteroatoms. The molecule has 2 saturated heterocycles. The van der Waals surface area contributed by atoms with Gasteiger partial charge in [0.25, 0.3) is 5.79 Å². The molecule has 3 aliphatic heterocycles. The highest BCUT2D eigenvalue weighted by molar-refractivity contribution is 6.30. The van der Waals surface area contributed by atoms with Gasteiger partial charge in [-0.05, 0) is 60.6 Å². The number of ether oxygens (including phenoxy) is 4. The summed E-state index contributed by atoms with van der Waals surface area (Å²) in [5, 5.41) is 10.2. The molecule has 0 amide bonds. The minimum absolute atomic E-state index is 0.0192. The van der Waals surface area contributed by atoms with E-state index in [2.05, 4.69) is 14.5 Å². The van der Waals surface area contributed by atoms with E-state index in [0.717, 1.165) is 31.9 Å². The Kier molecular flexibility index (Phi) is 6.30. The molecule has 8 rings (SSSR count). The van der Waals surface area contributed by atoms with Crippen LogP contribution in [-0.4, -0.2) is 63.4 Å². The van der Waals surface area contributed by atoms with Crippen LogP contribution < -0.4 is 14.2 Å². The monoisotopic (exact) mass is 620 g/mol. The van der Waals surface area contributed by atoms with Crippen molar-refractivity contribution in [3.8, 4) is 17.2 Å². The SMILES string of the molecule is COc1cc(C(=O)O)cc2c1nc(CN1CC3C(C1)C3c1c(F)ccc3c1OC(C)(c1ccc(Cl)cn1)O3)n2C[C@@H]1CCO1. The van der Waals surface area contributed by atoms with E-state index < -0.39 is 11.8 Å². The Morgan fingerprint density at radius 1 is 1.20 bits per heavy atom. The van der Waals surface area contributed by atoms with Gasteiger partial charge in [-0.1, -0.05) is 11.6 Å². The molecular weight excluding hydrogens is 591 g/mol. The van der Waals surface area contributed by atoms with E-state index in [-0.39, 0.29) is 35.2 Å². The lowest BCUT2D eigenvalue weighted by Crippen LogP contribution is -2.33. The van der Waals surface area contributed by atoms with Gasteiger partial charge in [-0.3, -0.25) is 9.88 Å². The third-order valence-electron chi connectivity index (χ3n) is 9.41. The van der Waals surface area contributed by atoms with Crippen molar-refractivity contribution in [3.05, 3.63) is 76.1 Å². The lowest BCUT2D eigenvalue weighted by Gasteiger charge is -2.28. The van der Waals surface area contributed by atoms with Gasteiger partial charge in [0.1, 0.15) is 28.6 Å². The number of aromatic carboxylic acids is 1. The molecule has 3 unspecified atom stereocenters. The zero-order chi connectivity index (χ0) is 30.3. The largest absolute Gasteiger partial charge is 0.494 e. The van der Waals surface area contributed by atoms with Crippen molar-refractivity contribution in [2.75, 3.05) is 26.8 Å². The van der Waals surface area contributed by atoms with Crippen LogP contribution in [0.15, 0.2) is 42.6 Å². The molecular formula is C32H30ClFN4O6. The van der Waals surface area contributed by atoms with Crippen molar-refractivity contribution in [2.45, 2.75) is 44.2 Å². The number of carboxylic acids is 1. The number of benzene rings is 2. The summed E-state index contributed by atoms with van der Waals surface area (Å²) in [7, 11) is 1.52. The van der Waals surface area contributed by atoms with Crippen molar-refractivity contribution in [3.63, 3.8) is 0 Å². The molecule has 10 nitrogen and oxygen atoms in total. The van der Waals surface area contributed by atoms with Crippen molar-refractivity contribution in [2.24, 2.45) is 11.8 Å². The first kappa shape index (κ1) is 27.6. The number of likely N-dealkylation sites (tertiary alicyclic amines) is 1. The van der Waals surface area contributed by atoms with E-state index >= 15 is 4.39 Å². The van der Waals surface area contributed by atoms with Gasteiger partial charge in [0.05, 0.1) is 42.4 Å². The predicted molar refractivity (Wildman–Crippen MR) is 157 cm³/mol. The van der Waals surface area contributed by atoms with Crippen LogP contribution >= 0.6 is 11.6 Å². The van der Waals surface area contributed by atoms with Crippen LogP contribution in [0.5, 0.6) is 17.2 Å². The van der Waals surface area contributed by atoms with Crippen LogP contribution in [0.2, 0.25) is 5.02 Å². The Morgan fingerprint density at radius 2 is 2.00 bits per heavy atom. The van der Waals surface area contributed by atoms with E-state index in [1.165, 1.54) is 25.4 Å². The highest BCUT2D eigenvalue weighted by Gasteiger charge is 2.59. The second-order valence-corrected chi connectivity index (χ2v) is 12.6. The molecule has 4 aromatic rings. The minimum Gasteiger partial charge on any atom is -0.494 e. The minimum atomic E-state index is -1.18. The molecule has 0 spiro atoms. The number of carbonyl (C=O) groups is 1. The third-order valence-corrected chi connectivity index (χ3v) is 9.64. The number of imidazole rings is 1. The van der Waals surface area contributed by atoms with Gasteiger partial charge in [0, 0.05) is 38.4 Å². The zero-order valence-electron chi connectivity index (χ0n) is 24.1. The first-order chi connectivity index (χ1) is 21.2. The fourth-order valence-electron chi connectivity index (χ4n) is 7.07. The first-order valence-corrected chi connectivity index (χ1v) is 15.1. The van der Waals surface area contributed by atoms with E-state index in [0.29, 0.717) is 57.7 Å². The highest BCUT2D eigenvalue weighted by atomic mass is 35.5. The van der Waals surface area contributed by atoms with Gasteiger partial charge in [-0.15, -0.1) is 0 Å². The topological polar surface area (TPSA) is 108 Å². The summed E-state index contributed by atoms with van der Waals surface area (Å²) in [6, 6.07) is 9.69. The average Bonchev–Trinajstić information content (AvgIpc) is 3.28. The molecule has 0 radical (unpaired) electrons. The molecule has 1 aliphatic carbocycles. The smallest absolute Gasteiger partial charge is 0.335 e. The average molecular weight is 621 g/mol. The number of hydrogen-bond donors (Lipinski definition) is 1.